The maximum atomic E-state index is 11.0. The van der Waals surface area contributed by atoms with Crippen LogP contribution in [0.25, 0.3) is 0 Å². The summed E-state index contributed by atoms with van der Waals surface area (Å²) in [7, 11) is 1.41. The molecule has 1 N–H and O–H groups in total. The van der Waals surface area contributed by atoms with Gasteiger partial charge in [0.05, 0.1) is 24.3 Å². The van der Waals surface area contributed by atoms with Gasteiger partial charge in [-0.2, -0.15) is 0 Å². The Bertz CT molecular complexity index is 446. The van der Waals surface area contributed by atoms with Crippen LogP contribution in [0.2, 0.25) is 10.0 Å². The summed E-state index contributed by atoms with van der Waals surface area (Å²) in [6, 6.07) is 1.30. The topological polar surface area (TPSA) is 55.8 Å². The van der Waals surface area contributed by atoms with Gasteiger partial charge >= 0.3 is 5.97 Å². The van der Waals surface area contributed by atoms with E-state index >= 15 is 0 Å². The summed E-state index contributed by atoms with van der Waals surface area (Å²) in [6.45, 7) is 2.50. The fraction of sp³-hybridized carbons (Fsp3) is 0.417. The number of carboxylic acids is 1. The van der Waals surface area contributed by atoms with Crippen LogP contribution in [0.15, 0.2) is 6.07 Å². The molecule has 100 valence electrons. The molecule has 6 heteroatoms. The van der Waals surface area contributed by atoms with Gasteiger partial charge in [-0.25, -0.2) is 4.79 Å². The lowest BCUT2D eigenvalue weighted by molar-refractivity contribution is 0.0696. The standard InChI is InChI=1S/C12H14Cl2O4/c1-3-4-5-18-11-8(17-2)6-7(12(15)16)9(13)10(11)14/h6H,3-5H2,1-2H3,(H,15,16). The molecule has 0 aromatic heterocycles. The number of aromatic carboxylic acids is 1. The molecule has 0 saturated heterocycles. The number of methoxy groups -OCH3 is 1. The molecule has 0 heterocycles. The van der Waals surface area contributed by atoms with Crippen molar-refractivity contribution in [3.05, 3.63) is 21.7 Å². The second kappa shape index (κ2) is 6.71. The Labute approximate surface area is 115 Å². The average molecular weight is 293 g/mol. The third-order valence-corrected chi connectivity index (χ3v) is 3.17. The smallest absolute Gasteiger partial charge is 0.337 e. The molecule has 1 aromatic rings. The zero-order valence-corrected chi connectivity index (χ0v) is 11.6. The quantitative estimate of drug-likeness (QED) is 0.809. The molecule has 0 aliphatic rings. The van der Waals surface area contributed by atoms with Gasteiger partial charge in [0.1, 0.15) is 5.02 Å². The molecule has 0 atom stereocenters. The molecule has 1 aromatic carbocycles. The number of rotatable bonds is 6. The van der Waals surface area contributed by atoms with Crippen LogP contribution in [0.3, 0.4) is 0 Å². The summed E-state index contributed by atoms with van der Waals surface area (Å²) in [5.41, 5.74) is -0.110. The number of hydrogen-bond donors (Lipinski definition) is 1. The number of carbonyl (C=O) groups is 1. The van der Waals surface area contributed by atoms with Crippen molar-refractivity contribution in [2.24, 2.45) is 0 Å². The first-order valence-electron chi connectivity index (χ1n) is 5.45. The first-order chi connectivity index (χ1) is 8.52. The number of carboxylic acid groups (broad SMARTS) is 1. The van der Waals surface area contributed by atoms with Crippen LogP contribution in [0.1, 0.15) is 30.1 Å². The molecule has 0 radical (unpaired) electrons. The van der Waals surface area contributed by atoms with Crippen molar-refractivity contribution in [2.45, 2.75) is 19.8 Å². The monoisotopic (exact) mass is 292 g/mol. The van der Waals surface area contributed by atoms with E-state index in [2.05, 4.69) is 0 Å². The highest BCUT2D eigenvalue weighted by molar-refractivity contribution is 6.44. The lowest BCUT2D eigenvalue weighted by Gasteiger charge is -2.14. The molecule has 0 aliphatic carbocycles. The van der Waals surface area contributed by atoms with E-state index in [-0.39, 0.29) is 27.1 Å². The van der Waals surface area contributed by atoms with E-state index in [4.69, 9.17) is 37.8 Å². The first kappa shape index (κ1) is 14.9. The van der Waals surface area contributed by atoms with Gasteiger partial charge in [-0.3, -0.25) is 0 Å². The van der Waals surface area contributed by atoms with Crippen molar-refractivity contribution in [3.8, 4) is 11.5 Å². The Morgan fingerprint density at radius 3 is 2.56 bits per heavy atom. The van der Waals surface area contributed by atoms with Crippen LogP contribution in [-0.4, -0.2) is 24.8 Å². The lowest BCUT2D eigenvalue weighted by atomic mass is 10.2. The highest BCUT2D eigenvalue weighted by Gasteiger charge is 2.21. The molecule has 0 saturated carbocycles. The first-order valence-corrected chi connectivity index (χ1v) is 6.20. The number of halogens is 2. The van der Waals surface area contributed by atoms with Crippen molar-refractivity contribution >= 4 is 29.2 Å². The van der Waals surface area contributed by atoms with E-state index in [1.807, 2.05) is 6.92 Å². The fourth-order valence-electron chi connectivity index (χ4n) is 1.35. The predicted octanol–water partition coefficient (Wildman–Crippen LogP) is 3.88. The van der Waals surface area contributed by atoms with E-state index in [0.29, 0.717) is 6.61 Å². The van der Waals surface area contributed by atoms with E-state index < -0.39 is 5.97 Å². The lowest BCUT2D eigenvalue weighted by Crippen LogP contribution is -2.04. The molecule has 18 heavy (non-hydrogen) atoms. The van der Waals surface area contributed by atoms with Gasteiger partial charge in [-0.1, -0.05) is 36.5 Å². The average Bonchev–Trinajstić information content (AvgIpc) is 2.34. The van der Waals surface area contributed by atoms with Crippen molar-refractivity contribution in [1.82, 2.24) is 0 Å². The zero-order valence-electron chi connectivity index (χ0n) is 10.1. The third kappa shape index (κ3) is 3.21. The van der Waals surface area contributed by atoms with Crippen molar-refractivity contribution < 1.29 is 19.4 Å². The normalized spacial score (nSPS) is 10.2. The molecule has 4 nitrogen and oxygen atoms in total. The highest BCUT2D eigenvalue weighted by atomic mass is 35.5. The Kier molecular flexibility index (Phi) is 5.56. The maximum Gasteiger partial charge on any atom is 0.337 e. The van der Waals surface area contributed by atoms with Gasteiger partial charge in [0, 0.05) is 6.07 Å². The van der Waals surface area contributed by atoms with Crippen LogP contribution in [0.5, 0.6) is 11.5 Å². The summed E-state index contributed by atoms with van der Waals surface area (Å²) in [6.07, 6.45) is 1.83. The molecule has 1 rings (SSSR count). The molecular weight excluding hydrogens is 279 g/mol. The number of benzene rings is 1. The highest BCUT2D eigenvalue weighted by Crippen LogP contribution is 2.42. The summed E-state index contributed by atoms with van der Waals surface area (Å²) >= 11 is 11.9. The van der Waals surface area contributed by atoms with Crippen LogP contribution in [0.4, 0.5) is 0 Å². The summed E-state index contributed by atoms with van der Waals surface area (Å²) in [5.74, 6) is -0.624. The van der Waals surface area contributed by atoms with Gasteiger partial charge in [0.15, 0.2) is 11.5 Å². The number of unbranched alkanes of at least 4 members (excludes halogenated alkanes) is 1. The Hall–Kier alpha value is -1.13. The zero-order chi connectivity index (χ0) is 13.7. The van der Waals surface area contributed by atoms with Crippen molar-refractivity contribution in [3.63, 3.8) is 0 Å². The fourth-order valence-corrected chi connectivity index (χ4v) is 1.82. The molecule has 0 unspecified atom stereocenters. The van der Waals surface area contributed by atoms with Crippen LogP contribution in [0, 0.1) is 0 Å². The molecule has 0 aliphatic heterocycles. The summed E-state index contributed by atoms with van der Waals surface area (Å²) < 4.78 is 10.6. The summed E-state index contributed by atoms with van der Waals surface area (Å²) in [5, 5.41) is 8.99. The van der Waals surface area contributed by atoms with Gasteiger partial charge in [-0.15, -0.1) is 0 Å². The summed E-state index contributed by atoms with van der Waals surface area (Å²) in [4.78, 5) is 11.0. The number of hydrogen-bond acceptors (Lipinski definition) is 3. The largest absolute Gasteiger partial charge is 0.493 e. The van der Waals surface area contributed by atoms with Crippen molar-refractivity contribution in [1.29, 1.82) is 0 Å². The van der Waals surface area contributed by atoms with Gasteiger partial charge < -0.3 is 14.6 Å². The molecule has 0 bridgehead atoms. The van der Waals surface area contributed by atoms with E-state index in [0.717, 1.165) is 12.8 Å². The minimum absolute atomic E-state index is 0.0449. The van der Waals surface area contributed by atoms with Gasteiger partial charge in [0.2, 0.25) is 0 Å². The van der Waals surface area contributed by atoms with Crippen LogP contribution in [-0.2, 0) is 0 Å². The Morgan fingerprint density at radius 1 is 1.39 bits per heavy atom. The van der Waals surface area contributed by atoms with Gasteiger partial charge in [0.25, 0.3) is 0 Å². The van der Waals surface area contributed by atoms with E-state index in [1.54, 1.807) is 0 Å². The van der Waals surface area contributed by atoms with E-state index in [9.17, 15) is 4.79 Å². The minimum atomic E-state index is -1.17. The molecular formula is C12H14Cl2O4. The van der Waals surface area contributed by atoms with E-state index in [1.165, 1.54) is 13.2 Å². The molecule has 0 spiro atoms. The Balaban J connectivity index is 3.17. The SMILES string of the molecule is CCCCOc1c(OC)cc(C(=O)O)c(Cl)c1Cl. The maximum absolute atomic E-state index is 11.0. The minimum Gasteiger partial charge on any atom is -0.493 e. The van der Waals surface area contributed by atoms with Gasteiger partial charge in [-0.05, 0) is 6.42 Å². The molecule has 0 fully saturated rings. The van der Waals surface area contributed by atoms with Crippen LogP contribution < -0.4 is 9.47 Å². The second-order valence-corrected chi connectivity index (χ2v) is 4.35. The van der Waals surface area contributed by atoms with Crippen molar-refractivity contribution in [2.75, 3.05) is 13.7 Å². The predicted molar refractivity (Wildman–Crippen MR) is 70.4 cm³/mol. The van der Waals surface area contributed by atoms with Crippen LogP contribution >= 0.6 is 23.2 Å². The Morgan fingerprint density at radius 2 is 2.06 bits per heavy atom. The second-order valence-electron chi connectivity index (χ2n) is 3.59. The number of ether oxygens (including phenoxy) is 2. The third-order valence-electron chi connectivity index (χ3n) is 2.32. The molecule has 0 amide bonds.